The van der Waals surface area contributed by atoms with Crippen LogP contribution >= 0.6 is 0 Å². The van der Waals surface area contributed by atoms with Gasteiger partial charge < -0.3 is 20.1 Å². The maximum atomic E-state index is 12.5. The number of benzene rings is 2. The number of nitrogens with zero attached hydrogens (tertiary/aromatic N) is 1. The highest BCUT2D eigenvalue weighted by Gasteiger charge is 2.12. The topological polar surface area (TPSA) is 89.5 Å². The Morgan fingerprint density at radius 2 is 1.84 bits per heavy atom. The highest BCUT2D eigenvalue weighted by molar-refractivity contribution is 6.05. The van der Waals surface area contributed by atoms with Crippen molar-refractivity contribution in [1.82, 2.24) is 4.98 Å². The van der Waals surface area contributed by atoms with Crippen LogP contribution in [0.2, 0.25) is 0 Å². The van der Waals surface area contributed by atoms with E-state index in [4.69, 9.17) is 4.74 Å². The quantitative estimate of drug-likeness (QED) is 0.501. The Labute approximate surface area is 182 Å². The number of nitrogens with one attached hydrogen (secondary N) is 2. The maximum Gasteiger partial charge on any atom is 0.387 e. The summed E-state index contributed by atoms with van der Waals surface area (Å²) < 4.78 is 34.7. The third-order valence-electron chi connectivity index (χ3n) is 4.19. The number of anilines is 2. The minimum atomic E-state index is -2.97. The Kier molecular flexibility index (Phi) is 7.47. The fraction of sp³-hybridized carbons (Fsp3) is 0.0870. The largest absolute Gasteiger partial charge is 0.494 e. The third-order valence-corrected chi connectivity index (χ3v) is 4.19. The Morgan fingerprint density at radius 3 is 2.56 bits per heavy atom. The molecule has 0 aliphatic carbocycles. The molecule has 1 aromatic heterocycles. The van der Waals surface area contributed by atoms with Crippen molar-refractivity contribution in [1.29, 1.82) is 0 Å². The summed E-state index contributed by atoms with van der Waals surface area (Å²) in [6, 6.07) is 14.1. The van der Waals surface area contributed by atoms with Crippen molar-refractivity contribution < 1.29 is 27.8 Å². The van der Waals surface area contributed by atoms with Crippen LogP contribution in [0.4, 0.5) is 20.2 Å². The summed E-state index contributed by atoms with van der Waals surface area (Å²) in [4.78, 5) is 28.5. The van der Waals surface area contributed by atoms with Crippen molar-refractivity contribution in [3.63, 3.8) is 0 Å². The molecule has 0 spiro atoms. The van der Waals surface area contributed by atoms with Crippen molar-refractivity contribution in [2.75, 3.05) is 17.7 Å². The van der Waals surface area contributed by atoms with E-state index in [1.807, 2.05) is 0 Å². The van der Waals surface area contributed by atoms with Gasteiger partial charge in [-0.15, -0.1) is 0 Å². The van der Waals surface area contributed by atoms with E-state index in [-0.39, 0.29) is 11.7 Å². The molecule has 0 saturated carbocycles. The lowest BCUT2D eigenvalue weighted by Gasteiger charge is -2.12. The van der Waals surface area contributed by atoms with E-state index in [1.54, 1.807) is 54.7 Å². The second-order valence-electron chi connectivity index (χ2n) is 6.35. The number of ether oxygens (including phenoxy) is 2. The standard InChI is InChI=1S/C23H19F2N3O4/c1-31-20-13-17(9-10-18(20)28-22(30)16-6-4-12-26-14-16)27-21(29)11-8-15-5-2-3-7-19(15)32-23(24)25/h2-14,23H,1H3,(H,27,29)(H,28,30)/b11-8+. The first-order valence-corrected chi connectivity index (χ1v) is 9.38. The molecule has 0 saturated heterocycles. The van der Waals surface area contributed by atoms with Gasteiger partial charge in [0.1, 0.15) is 11.5 Å². The molecule has 164 valence electrons. The van der Waals surface area contributed by atoms with Crippen molar-refractivity contribution in [2.45, 2.75) is 6.61 Å². The van der Waals surface area contributed by atoms with Gasteiger partial charge in [-0.3, -0.25) is 14.6 Å². The summed E-state index contributed by atoms with van der Waals surface area (Å²) in [5, 5.41) is 5.36. The number of rotatable bonds is 8. The van der Waals surface area contributed by atoms with Crippen LogP contribution in [0.3, 0.4) is 0 Å². The van der Waals surface area contributed by atoms with Gasteiger partial charge in [-0.05, 0) is 36.4 Å². The van der Waals surface area contributed by atoms with E-state index in [2.05, 4.69) is 20.4 Å². The van der Waals surface area contributed by atoms with Crippen molar-refractivity contribution >= 4 is 29.3 Å². The van der Waals surface area contributed by atoms with Gasteiger partial charge in [-0.1, -0.05) is 18.2 Å². The van der Waals surface area contributed by atoms with Crippen molar-refractivity contribution in [2.24, 2.45) is 0 Å². The molecule has 0 atom stereocenters. The zero-order valence-electron chi connectivity index (χ0n) is 16.9. The van der Waals surface area contributed by atoms with Crippen LogP contribution in [0, 0.1) is 0 Å². The van der Waals surface area contributed by atoms with Crippen LogP contribution in [-0.2, 0) is 4.79 Å². The Bertz CT molecular complexity index is 1120. The Hall–Kier alpha value is -4.27. The van der Waals surface area contributed by atoms with Crippen LogP contribution in [0.25, 0.3) is 6.08 Å². The predicted octanol–water partition coefficient (Wildman–Crippen LogP) is 4.60. The number of aromatic nitrogens is 1. The number of pyridine rings is 1. The Morgan fingerprint density at radius 1 is 1.03 bits per heavy atom. The number of hydrogen-bond donors (Lipinski definition) is 2. The molecule has 0 unspecified atom stereocenters. The maximum absolute atomic E-state index is 12.5. The first kappa shape index (κ1) is 22.4. The van der Waals surface area contributed by atoms with Crippen LogP contribution in [0.5, 0.6) is 11.5 Å². The van der Waals surface area contributed by atoms with Gasteiger partial charge in [0.15, 0.2) is 0 Å². The summed E-state index contributed by atoms with van der Waals surface area (Å²) in [7, 11) is 1.43. The van der Waals surface area contributed by atoms with E-state index in [0.717, 1.165) is 0 Å². The van der Waals surface area contributed by atoms with Gasteiger partial charge in [0.25, 0.3) is 5.91 Å². The van der Waals surface area contributed by atoms with Crippen LogP contribution in [0.15, 0.2) is 73.1 Å². The second kappa shape index (κ2) is 10.7. The highest BCUT2D eigenvalue weighted by Crippen LogP contribution is 2.28. The SMILES string of the molecule is COc1cc(NC(=O)/C=C/c2ccccc2OC(F)F)ccc1NC(=O)c1cccnc1. The highest BCUT2D eigenvalue weighted by atomic mass is 19.3. The number of carbonyl (C=O) groups excluding carboxylic acids is 2. The van der Waals surface area contributed by atoms with E-state index >= 15 is 0 Å². The molecule has 0 aliphatic rings. The number of amides is 2. The third kappa shape index (κ3) is 6.11. The lowest BCUT2D eigenvalue weighted by molar-refractivity contribution is -0.111. The van der Waals surface area contributed by atoms with E-state index in [9.17, 15) is 18.4 Å². The molecule has 0 radical (unpaired) electrons. The summed E-state index contributed by atoms with van der Waals surface area (Å²) in [6.45, 7) is -2.97. The number of carbonyl (C=O) groups is 2. The lowest BCUT2D eigenvalue weighted by Crippen LogP contribution is -2.13. The summed E-state index contributed by atoms with van der Waals surface area (Å²) in [6.07, 6.45) is 5.56. The number of para-hydroxylation sites is 1. The minimum absolute atomic E-state index is 0.0399. The molecule has 7 nitrogen and oxygen atoms in total. The molecule has 32 heavy (non-hydrogen) atoms. The van der Waals surface area contributed by atoms with E-state index in [0.29, 0.717) is 28.3 Å². The average molecular weight is 439 g/mol. The number of methoxy groups -OCH3 is 1. The van der Waals surface area contributed by atoms with Crippen LogP contribution < -0.4 is 20.1 Å². The van der Waals surface area contributed by atoms with Crippen molar-refractivity contribution in [3.05, 3.63) is 84.2 Å². The van der Waals surface area contributed by atoms with Crippen LogP contribution in [0.1, 0.15) is 15.9 Å². The smallest absolute Gasteiger partial charge is 0.387 e. The zero-order valence-corrected chi connectivity index (χ0v) is 16.9. The number of halogens is 2. The van der Waals surface area contributed by atoms with Gasteiger partial charge in [0, 0.05) is 35.8 Å². The second-order valence-corrected chi connectivity index (χ2v) is 6.35. The lowest BCUT2D eigenvalue weighted by atomic mass is 10.2. The molecule has 9 heteroatoms. The predicted molar refractivity (Wildman–Crippen MR) is 116 cm³/mol. The van der Waals surface area contributed by atoms with Gasteiger partial charge in [0.05, 0.1) is 18.4 Å². The molecular weight excluding hydrogens is 420 g/mol. The molecule has 1 heterocycles. The average Bonchev–Trinajstić information content (AvgIpc) is 2.79. The zero-order chi connectivity index (χ0) is 22.9. The first-order valence-electron chi connectivity index (χ1n) is 9.38. The monoisotopic (exact) mass is 439 g/mol. The molecule has 0 bridgehead atoms. The summed E-state index contributed by atoms with van der Waals surface area (Å²) >= 11 is 0. The van der Waals surface area contributed by atoms with Crippen LogP contribution in [-0.4, -0.2) is 30.5 Å². The summed E-state index contributed by atoms with van der Waals surface area (Å²) in [5.41, 5.74) is 1.53. The first-order chi connectivity index (χ1) is 15.5. The van der Waals surface area contributed by atoms with Gasteiger partial charge >= 0.3 is 6.61 Å². The molecule has 3 aromatic rings. The van der Waals surface area contributed by atoms with Gasteiger partial charge in [0.2, 0.25) is 5.91 Å². The van der Waals surface area contributed by atoms with Gasteiger partial charge in [-0.25, -0.2) is 0 Å². The molecule has 3 rings (SSSR count). The number of hydrogen-bond acceptors (Lipinski definition) is 5. The van der Waals surface area contributed by atoms with E-state index in [1.165, 1.54) is 31.5 Å². The molecule has 0 aliphatic heterocycles. The fourth-order valence-corrected chi connectivity index (χ4v) is 2.73. The molecule has 2 amide bonds. The summed E-state index contributed by atoms with van der Waals surface area (Å²) in [5.74, 6) is -0.562. The molecule has 2 N–H and O–H groups in total. The normalized spacial score (nSPS) is 10.8. The minimum Gasteiger partial charge on any atom is -0.494 e. The van der Waals surface area contributed by atoms with Crippen molar-refractivity contribution in [3.8, 4) is 11.5 Å². The Balaban J connectivity index is 1.68. The molecular formula is C23H19F2N3O4. The molecule has 0 fully saturated rings. The fourth-order valence-electron chi connectivity index (χ4n) is 2.73. The van der Waals surface area contributed by atoms with E-state index < -0.39 is 12.5 Å². The molecule has 2 aromatic carbocycles. The van der Waals surface area contributed by atoms with Gasteiger partial charge in [-0.2, -0.15) is 8.78 Å². The number of alkyl halides is 2.